The number of hydrogen-bond donors (Lipinski definition) is 2. The SMILES string of the molecule is O=C(Nc1ccc(Br)cn1)N(S)C(Cl)Cc1ccccc1. The molecular weight excluding hydrogens is 374 g/mol. The van der Waals surface area contributed by atoms with Crippen LogP contribution in [0, 0.1) is 0 Å². The lowest BCUT2D eigenvalue weighted by Crippen LogP contribution is -2.34. The third-order valence-corrected chi connectivity index (χ3v) is 4.10. The summed E-state index contributed by atoms with van der Waals surface area (Å²) < 4.78 is 1.99. The van der Waals surface area contributed by atoms with Crippen LogP contribution in [0.4, 0.5) is 10.6 Å². The molecule has 1 heterocycles. The monoisotopic (exact) mass is 385 g/mol. The number of halogens is 2. The second-order valence-electron chi connectivity index (χ2n) is 4.26. The van der Waals surface area contributed by atoms with E-state index >= 15 is 0 Å². The van der Waals surface area contributed by atoms with Crippen LogP contribution in [0.1, 0.15) is 5.56 Å². The van der Waals surface area contributed by atoms with E-state index in [1.807, 2.05) is 30.3 Å². The number of hydrogen-bond acceptors (Lipinski definition) is 3. The smallest absolute Gasteiger partial charge is 0.291 e. The van der Waals surface area contributed by atoms with Crippen LogP contribution in [0.2, 0.25) is 0 Å². The standard InChI is InChI=1S/C14H13BrClN3OS/c15-11-6-7-13(17-9-11)18-14(20)19(21)12(16)8-10-4-2-1-3-5-10/h1-7,9,12,21H,8H2,(H,17,18,20). The van der Waals surface area contributed by atoms with E-state index in [1.165, 1.54) is 0 Å². The summed E-state index contributed by atoms with van der Waals surface area (Å²) in [7, 11) is 0. The number of benzene rings is 1. The van der Waals surface area contributed by atoms with Gasteiger partial charge in [0.05, 0.1) is 0 Å². The molecule has 7 heteroatoms. The molecule has 0 saturated carbocycles. The van der Waals surface area contributed by atoms with Crippen LogP contribution in [-0.2, 0) is 6.42 Å². The average molecular weight is 387 g/mol. The second-order valence-corrected chi connectivity index (χ2v) is 6.11. The number of amides is 2. The number of anilines is 1. The second kappa shape index (κ2) is 7.68. The van der Waals surface area contributed by atoms with E-state index in [2.05, 4.69) is 39.0 Å². The van der Waals surface area contributed by atoms with E-state index in [1.54, 1.807) is 18.3 Å². The molecule has 0 aliphatic rings. The molecule has 2 aromatic rings. The lowest BCUT2D eigenvalue weighted by Gasteiger charge is -2.21. The van der Waals surface area contributed by atoms with Gasteiger partial charge in [-0.15, -0.1) is 0 Å². The highest BCUT2D eigenvalue weighted by Gasteiger charge is 2.19. The molecular formula is C14H13BrClN3OS. The highest BCUT2D eigenvalue weighted by molar-refractivity contribution is 9.10. The number of carbonyl (C=O) groups excluding carboxylic acids is 1. The van der Waals surface area contributed by atoms with Crippen LogP contribution < -0.4 is 5.32 Å². The zero-order chi connectivity index (χ0) is 15.2. The number of carbonyl (C=O) groups is 1. The Morgan fingerprint density at radius 1 is 1.33 bits per heavy atom. The van der Waals surface area contributed by atoms with Crippen molar-refractivity contribution in [1.29, 1.82) is 0 Å². The van der Waals surface area contributed by atoms with Gasteiger partial charge in [0.15, 0.2) is 0 Å². The lowest BCUT2D eigenvalue weighted by molar-refractivity contribution is 0.236. The fourth-order valence-corrected chi connectivity index (χ4v) is 2.27. The third-order valence-electron chi connectivity index (χ3n) is 2.68. The van der Waals surface area contributed by atoms with Crippen LogP contribution in [0.25, 0.3) is 0 Å². The van der Waals surface area contributed by atoms with Gasteiger partial charge in [0.2, 0.25) is 0 Å². The van der Waals surface area contributed by atoms with Crippen molar-refractivity contribution in [3.8, 4) is 0 Å². The number of alkyl halides is 1. The minimum atomic E-state index is -0.564. The highest BCUT2D eigenvalue weighted by atomic mass is 79.9. The Hall–Kier alpha value is -1.24. The van der Waals surface area contributed by atoms with Crippen molar-refractivity contribution in [1.82, 2.24) is 9.29 Å². The normalized spacial score (nSPS) is 11.8. The van der Waals surface area contributed by atoms with Crippen molar-refractivity contribution in [2.75, 3.05) is 5.32 Å². The third kappa shape index (κ3) is 4.91. The van der Waals surface area contributed by atoms with Crippen LogP contribution in [0.5, 0.6) is 0 Å². The Bertz CT molecular complexity index is 597. The van der Waals surface area contributed by atoms with E-state index < -0.39 is 11.5 Å². The molecule has 2 amide bonds. The summed E-state index contributed by atoms with van der Waals surface area (Å²) in [6.07, 6.45) is 2.10. The van der Waals surface area contributed by atoms with Crippen LogP contribution in [0.3, 0.4) is 0 Å². The van der Waals surface area contributed by atoms with E-state index in [-0.39, 0.29) is 0 Å². The number of thiol groups is 1. The van der Waals surface area contributed by atoms with Crippen molar-refractivity contribution < 1.29 is 4.79 Å². The van der Waals surface area contributed by atoms with Crippen molar-refractivity contribution in [2.24, 2.45) is 0 Å². The van der Waals surface area contributed by atoms with Gasteiger partial charge < -0.3 is 0 Å². The maximum absolute atomic E-state index is 12.0. The average Bonchev–Trinajstić information content (AvgIpc) is 2.49. The van der Waals surface area contributed by atoms with Crippen molar-refractivity contribution in [3.63, 3.8) is 0 Å². The van der Waals surface area contributed by atoms with Gasteiger partial charge in [0.25, 0.3) is 0 Å². The molecule has 1 unspecified atom stereocenters. The molecule has 0 radical (unpaired) electrons. The summed E-state index contributed by atoms with van der Waals surface area (Å²) in [6, 6.07) is 12.7. The summed E-state index contributed by atoms with van der Waals surface area (Å²) in [5, 5.41) is 2.63. The largest absolute Gasteiger partial charge is 0.334 e. The number of pyridine rings is 1. The predicted octanol–water partition coefficient (Wildman–Crippen LogP) is 4.33. The topological polar surface area (TPSA) is 45.2 Å². The minimum absolute atomic E-state index is 0.427. The summed E-state index contributed by atoms with van der Waals surface area (Å²) in [5.74, 6) is 0.436. The quantitative estimate of drug-likeness (QED) is 0.467. The molecule has 0 fully saturated rings. The predicted molar refractivity (Wildman–Crippen MR) is 91.6 cm³/mol. The summed E-state index contributed by atoms with van der Waals surface area (Å²) in [5.41, 5.74) is 0.470. The molecule has 0 spiro atoms. The van der Waals surface area contributed by atoms with E-state index in [4.69, 9.17) is 11.6 Å². The Balaban J connectivity index is 1.93. The van der Waals surface area contributed by atoms with Gasteiger partial charge in [-0.3, -0.25) is 9.62 Å². The fourth-order valence-electron chi connectivity index (χ4n) is 1.64. The van der Waals surface area contributed by atoms with Gasteiger partial charge in [-0.1, -0.05) is 54.7 Å². The van der Waals surface area contributed by atoms with Gasteiger partial charge in [0.1, 0.15) is 11.3 Å². The van der Waals surface area contributed by atoms with Crippen LogP contribution >= 0.6 is 40.3 Å². The first-order chi connectivity index (χ1) is 10.1. The lowest BCUT2D eigenvalue weighted by atomic mass is 10.1. The Kier molecular flexibility index (Phi) is 5.90. The molecule has 1 aromatic heterocycles. The Morgan fingerprint density at radius 3 is 2.67 bits per heavy atom. The number of urea groups is 1. The first kappa shape index (κ1) is 16.1. The van der Waals surface area contributed by atoms with Gasteiger partial charge >= 0.3 is 6.03 Å². The molecule has 1 aromatic carbocycles. The fraction of sp³-hybridized carbons (Fsp3) is 0.143. The summed E-state index contributed by atoms with van der Waals surface area (Å²) in [4.78, 5) is 16.1. The highest BCUT2D eigenvalue weighted by Crippen LogP contribution is 2.17. The molecule has 0 aliphatic heterocycles. The first-order valence-corrected chi connectivity index (χ1v) is 7.78. The van der Waals surface area contributed by atoms with E-state index in [0.29, 0.717) is 12.2 Å². The molecule has 1 atom stereocenters. The molecule has 0 bridgehead atoms. The van der Waals surface area contributed by atoms with Gasteiger partial charge in [0, 0.05) is 17.1 Å². The van der Waals surface area contributed by atoms with E-state index in [9.17, 15) is 4.79 Å². The number of rotatable bonds is 4. The van der Waals surface area contributed by atoms with Crippen LogP contribution in [0.15, 0.2) is 53.1 Å². The molecule has 2 rings (SSSR count). The van der Waals surface area contributed by atoms with Crippen molar-refractivity contribution >= 4 is 52.2 Å². The minimum Gasteiger partial charge on any atom is -0.291 e. The van der Waals surface area contributed by atoms with E-state index in [0.717, 1.165) is 14.3 Å². The molecule has 1 N–H and O–H groups in total. The molecule has 21 heavy (non-hydrogen) atoms. The number of nitrogens with zero attached hydrogens (tertiary/aromatic N) is 2. The Morgan fingerprint density at radius 2 is 2.05 bits per heavy atom. The van der Waals surface area contributed by atoms with Gasteiger partial charge in [-0.25, -0.2) is 9.78 Å². The molecule has 0 saturated heterocycles. The number of nitrogens with one attached hydrogen (secondary N) is 1. The van der Waals surface area contributed by atoms with Crippen LogP contribution in [-0.4, -0.2) is 20.8 Å². The van der Waals surface area contributed by atoms with Gasteiger partial charge in [-0.2, -0.15) is 0 Å². The van der Waals surface area contributed by atoms with Gasteiger partial charge in [-0.05, 0) is 33.6 Å². The zero-order valence-corrected chi connectivity index (χ0v) is 14.1. The van der Waals surface area contributed by atoms with Crippen molar-refractivity contribution in [2.45, 2.75) is 11.9 Å². The summed E-state index contributed by atoms with van der Waals surface area (Å²) in [6.45, 7) is 0. The Labute approximate surface area is 142 Å². The summed E-state index contributed by atoms with van der Waals surface area (Å²) >= 11 is 13.6. The molecule has 4 nitrogen and oxygen atoms in total. The van der Waals surface area contributed by atoms with Crippen molar-refractivity contribution in [3.05, 3.63) is 58.7 Å². The number of aromatic nitrogens is 1. The molecule has 110 valence electrons. The first-order valence-electron chi connectivity index (χ1n) is 6.15. The maximum atomic E-state index is 12.0. The maximum Gasteiger partial charge on any atom is 0.334 e. The zero-order valence-electron chi connectivity index (χ0n) is 10.9. The molecule has 0 aliphatic carbocycles.